The van der Waals surface area contributed by atoms with Gasteiger partial charge in [-0.15, -0.1) is 0 Å². The van der Waals surface area contributed by atoms with Gasteiger partial charge in [-0.05, 0) is 111 Å². The van der Waals surface area contributed by atoms with E-state index in [9.17, 15) is 36.2 Å². The lowest BCUT2D eigenvalue weighted by molar-refractivity contribution is -0.284. The molecule has 1 aromatic rings. The molecule has 4 fully saturated rings. The number of carbonyl (C=O) groups is 1. The first-order chi connectivity index (χ1) is 21.6. The minimum absolute atomic E-state index is 0.0191. The summed E-state index contributed by atoms with van der Waals surface area (Å²) in [5, 5.41) is 9.94. The number of nitrogens with one attached hydrogen (secondary N) is 1. The first kappa shape index (κ1) is 34.0. The van der Waals surface area contributed by atoms with Crippen LogP contribution in [0.3, 0.4) is 0 Å². The Kier molecular flexibility index (Phi) is 9.30. The highest BCUT2D eigenvalue weighted by molar-refractivity contribution is 7.84. The van der Waals surface area contributed by atoms with Crippen molar-refractivity contribution in [2.75, 3.05) is 44.7 Å². The molecule has 1 amide bonds. The van der Waals surface area contributed by atoms with Crippen LogP contribution in [-0.2, 0) is 17.2 Å². The van der Waals surface area contributed by atoms with E-state index in [-0.39, 0.29) is 40.4 Å². The molecule has 2 N–H and O–H groups in total. The first-order valence-electron chi connectivity index (χ1n) is 16.6. The maximum absolute atomic E-state index is 13.3. The molecule has 5 aliphatic rings. The summed E-state index contributed by atoms with van der Waals surface area (Å²) in [4.78, 5) is 16.9. The molecule has 0 radical (unpaired) electrons. The molecule has 258 valence electrons. The molecule has 2 saturated heterocycles. The minimum atomic E-state index is -5.59. The van der Waals surface area contributed by atoms with Crippen LogP contribution in [0.4, 0.5) is 26.7 Å². The van der Waals surface area contributed by atoms with Gasteiger partial charge < -0.3 is 19.7 Å². The molecule has 2 heterocycles. The van der Waals surface area contributed by atoms with Gasteiger partial charge in [0.2, 0.25) is 0 Å². The number of fused-ring (bicyclic) bond motifs is 5. The molecule has 46 heavy (non-hydrogen) atoms. The van der Waals surface area contributed by atoms with Crippen LogP contribution in [0.2, 0.25) is 0 Å². The summed E-state index contributed by atoms with van der Waals surface area (Å²) in [5.41, 5.74) is 5.15. The number of rotatable bonds is 10. The smallest absolute Gasteiger partial charge is 0.410 e. The summed E-state index contributed by atoms with van der Waals surface area (Å²) in [6, 6.07) is 6.01. The van der Waals surface area contributed by atoms with Crippen molar-refractivity contribution in [2.45, 2.75) is 88.8 Å². The lowest BCUT2D eigenvalue weighted by Crippen LogP contribution is -2.72. The fourth-order valence-corrected chi connectivity index (χ4v) is 11.0. The fourth-order valence-electron chi connectivity index (χ4n) is 9.89. The molecule has 13 heteroatoms. The van der Waals surface area contributed by atoms with Gasteiger partial charge >= 0.3 is 18.2 Å². The average molecular weight is 676 g/mol. The summed E-state index contributed by atoms with van der Waals surface area (Å²) >= 11 is 0. The van der Waals surface area contributed by atoms with E-state index >= 15 is 0 Å². The van der Waals surface area contributed by atoms with Gasteiger partial charge in [-0.25, -0.2) is 10.3 Å². The van der Waals surface area contributed by atoms with E-state index < -0.39 is 35.7 Å². The Morgan fingerprint density at radius 3 is 2.48 bits per heavy atom. The standard InChI is InChI=1S/C33H46F5N3O4S/c1-30-12-10-25-24-7-6-23(45-29(42)41-19-31(20-41)17-40(2)18-31)16-22(24)15-21(28(25)26(30)8-9-27(30)39-43)5-3-13-46(44)14-4-11-32(34,35)33(36,37)38/h6-7,16,21,25-28,39,43H,3-5,8-15,17-20H2,1-2H3/t21-,25-,26+,27?,28-,30+,46?/m1/s1. The number of hydrogen-bond acceptors (Lipinski definition) is 6. The summed E-state index contributed by atoms with van der Waals surface area (Å²) in [6.07, 6.45) is -1.83. The number of benzene rings is 1. The van der Waals surface area contributed by atoms with Gasteiger partial charge in [0.15, 0.2) is 0 Å². The second-order valence-corrected chi connectivity index (χ2v) is 16.8. The number of alkyl halides is 5. The molecule has 2 unspecified atom stereocenters. The molecule has 0 aromatic heterocycles. The third-order valence-electron chi connectivity index (χ3n) is 12.0. The highest BCUT2D eigenvalue weighted by atomic mass is 32.2. The highest BCUT2D eigenvalue weighted by Gasteiger charge is 2.58. The molecule has 7 nitrogen and oxygen atoms in total. The predicted molar refractivity (Wildman–Crippen MR) is 164 cm³/mol. The normalized spacial score (nSPS) is 32.6. The maximum atomic E-state index is 13.3. The Bertz CT molecular complexity index is 1320. The highest BCUT2D eigenvalue weighted by Crippen LogP contribution is 2.62. The van der Waals surface area contributed by atoms with Crippen LogP contribution in [0.5, 0.6) is 5.75 Å². The van der Waals surface area contributed by atoms with Crippen LogP contribution >= 0.6 is 0 Å². The number of halogens is 5. The molecule has 6 rings (SSSR count). The molecule has 2 saturated carbocycles. The Morgan fingerprint density at radius 1 is 1.09 bits per heavy atom. The number of amides is 1. The number of nitrogens with zero attached hydrogens (tertiary/aromatic N) is 2. The molecular formula is C33H46F5N3O4S. The zero-order valence-electron chi connectivity index (χ0n) is 26.6. The predicted octanol–water partition coefficient (Wildman–Crippen LogP) is 6.37. The van der Waals surface area contributed by atoms with E-state index in [0.29, 0.717) is 43.0 Å². The third kappa shape index (κ3) is 6.34. The van der Waals surface area contributed by atoms with Gasteiger partial charge in [-0.1, -0.05) is 13.0 Å². The van der Waals surface area contributed by atoms with Crippen LogP contribution in [0.1, 0.15) is 75.3 Å². The van der Waals surface area contributed by atoms with E-state index in [4.69, 9.17) is 4.74 Å². The van der Waals surface area contributed by atoms with Crippen molar-refractivity contribution in [3.8, 4) is 5.75 Å². The Hall–Kier alpha value is -1.83. The zero-order chi connectivity index (χ0) is 33.1. The Balaban J connectivity index is 1.12. The van der Waals surface area contributed by atoms with Crippen molar-refractivity contribution >= 4 is 16.9 Å². The van der Waals surface area contributed by atoms with Gasteiger partial charge in [-0.2, -0.15) is 22.0 Å². The molecule has 1 aromatic carbocycles. The second kappa shape index (κ2) is 12.6. The lowest BCUT2D eigenvalue weighted by atomic mass is 9.52. The summed E-state index contributed by atoms with van der Waals surface area (Å²) < 4.78 is 82.5. The Morgan fingerprint density at radius 2 is 1.80 bits per heavy atom. The first-order valence-corrected chi connectivity index (χ1v) is 18.1. The van der Waals surface area contributed by atoms with Crippen molar-refractivity contribution in [2.24, 2.45) is 28.6 Å². The number of carbonyl (C=O) groups excluding carboxylic acids is 1. The van der Waals surface area contributed by atoms with Gasteiger partial charge in [0.1, 0.15) is 5.75 Å². The summed E-state index contributed by atoms with van der Waals surface area (Å²) in [6.45, 7) is 5.68. The SMILES string of the molecule is CN1CC2(C1)CN(C(=O)Oc1ccc3c(c1)C[C@@H](CCCS(=O)CCCC(F)(F)C(F)(F)F)[C@@H]1[C@@H]3CC[C@]3(C)C(NO)CC[C@@H]13)C2. The zero-order valence-corrected chi connectivity index (χ0v) is 27.4. The lowest BCUT2D eigenvalue weighted by Gasteiger charge is -2.58. The topological polar surface area (TPSA) is 82.1 Å². The second-order valence-electron chi connectivity index (χ2n) is 15.1. The number of likely N-dealkylation sites (tertiary alicyclic amines) is 2. The average Bonchev–Trinajstić information content (AvgIpc) is 3.29. The molecule has 0 bridgehead atoms. The molecule has 1 spiro atoms. The van der Waals surface area contributed by atoms with Gasteiger partial charge in [0, 0.05) is 66.4 Å². The van der Waals surface area contributed by atoms with Crippen molar-refractivity contribution in [3.63, 3.8) is 0 Å². The monoisotopic (exact) mass is 675 g/mol. The van der Waals surface area contributed by atoms with Crippen molar-refractivity contribution in [1.82, 2.24) is 15.3 Å². The maximum Gasteiger partial charge on any atom is 0.453 e. The number of hydrogen-bond donors (Lipinski definition) is 2. The van der Waals surface area contributed by atoms with Crippen molar-refractivity contribution < 1.29 is 40.9 Å². The van der Waals surface area contributed by atoms with Gasteiger partial charge in [0.25, 0.3) is 0 Å². The van der Waals surface area contributed by atoms with E-state index in [1.165, 1.54) is 5.56 Å². The minimum Gasteiger partial charge on any atom is -0.410 e. The van der Waals surface area contributed by atoms with E-state index in [0.717, 1.165) is 57.2 Å². The quantitative estimate of drug-likeness (QED) is 0.222. The molecule has 7 atom stereocenters. The molecular weight excluding hydrogens is 629 g/mol. The van der Waals surface area contributed by atoms with Gasteiger partial charge in [0.05, 0.1) is 0 Å². The van der Waals surface area contributed by atoms with Crippen molar-refractivity contribution in [3.05, 3.63) is 29.3 Å². The van der Waals surface area contributed by atoms with Crippen LogP contribution in [-0.4, -0.2) is 88.2 Å². The van der Waals surface area contributed by atoms with E-state index in [1.807, 2.05) is 12.1 Å². The fraction of sp³-hybridized carbons (Fsp3) is 0.788. The van der Waals surface area contributed by atoms with Crippen molar-refractivity contribution in [1.29, 1.82) is 0 Å². The Labute approximate surface area is 270 Å². The number of ether oxygens (including phenoxy) is 1. The van der Waals surface area contributed by atoms with Crippen LogP contribution < -0.4 is 10.2 Å². The summed E-state index contributed by atoms with van der Waals surface area (Å²) in [7, 11) is 0.589. The van der Waals surface area contributed by atoms with E-state index in [2.05, 4.69) is 30.4 Å². The van der Waals surface area contributed by atoms with Crippen LogP contribution in [0, 0.1) is 28.6 Å². The summed E-state index contributed by atoms with van der Waals surface area (Å²) in [5.74, 6) is -2.91. The van der Waals surface area contributed by atoms with E-state index in [1.54, 1.807) is 4.90 Å². The largest absolute Gasteiger partial charge is 0.453 e. The molecule has 2 aliphatic heterocycles. The van der Waals surface area contributed by atoms with Crippen LogP contribution in [0.15, 0.2) is 18.2 Å². The van der Waals surface area contributed by atoms with Crippen LogP contribution in [0.25, 0.3) is 0 Å². The molecule has 3 aliphatic carbocycles. The van der Waals surface area contributed by atoms with Gasteiger partial charge in [-0.3, -0.25) is 4.21 Å². The number of hydroxylamine groups is 1. The third-order valence-corrected chi connectivity index (χ3v) is 13.5.